The van der Waals surface area contributed by atoms with Gasteiger partial charge in [0, 0.05) is 18.3 Å². The molecule has 0 spiro atoms. The molecule has 2 aromatic rings. The first-order valence-electron chi connectivity index (χ1n) is 6.48. The molecule has 0 atom stereocenters. The second-order valence-electron chi connectivity index (χ2n) is 4.79. The number of amides is 1. The Balaban J connectivity index is 2.30. The van der Waals surface area contributed by atoms with Gasteiger partial charge < -0.3 is 10.6 Å². The maximum absolute atomic E-state index is 13.9. The molecule has 21 heavy (non-hydrogen) atoms. The Hall–Kier alpha value is -2.43. The van der Waals surface area contributed by atoms with Crippen LogP contribution in [0.1, 0.15) is 21.5 Å². The summed E-state index contributed by atoms with van der Waals surface area (Å²) in [6, 6.07) is 7.45. The van der Waals surface area contributed by atoms with E-state index in [2.05, 4.69) is 10.6 Å². The Morgan fingerprint density at radius 3 is 2.38 bits per heavy atom. The Morgan fingerprint density at radius 2 is 1.76 bits per heavy atom. The van der Waals surface area contributed by atoms with E-state index in [1.165, 1.54) is 13.0 Å². The predicted octanol–water partition coefficient (Wildman–Crippen LogP) is 3.88. The Morgan fingerprint density at radius 1 is 1.05 bits per heavy atom. The SMILES string of the molecule is CNc1ccc(C(=O)Nc2c(F)ccc(C)c2F)cc1C. The molecule has 2 aromatic carbocycles. The van der Waals surface area contributed by atoms with E-state index in [0.717, 1.165) is 17.3 Å². The number of anilines is 2. The molecule has 0 aromatic heterocycles. The number of hydrogen-bond acceptors (Lipinski definition) is 2. The third-order valence-electron chi connectivity index (χ3n) is 3.28. The summed E-state index contributed by atoms with van der Waals surface area (Å²) in [4.78, 5) is 12.1. The van der Waals surface area contributed by atoms with Gasteiger partial charge in [-0.2, -0.15) is 0 Å². The average molecular weight is 290 g/mol. The fourth-order valence-electron chi connectivity index (χ4n) is 2.04. The standard InChI is InChI=1S/C16H16F2N2O/c1-9-4-6-12(17)15(14(9)18)20-16(21)11-5-7-13(19-3)10(2)8-11/h4-8,19H,1-3H3,(H,20,21). The van der Waals surface area contributed by atoms with Gasteiger partial charge >= 0.3 is 0 Å². The first-order valence-corrected chi connectivity index (χ1v) is 6.48. The number of benzene rings is 2. The molecule has 0 fully saturated rings. The Labute approximate surface area is 122 Å². The van der Waals surface area contributed by atoms with Crippen LogP contribution in [0.2, 0.25) is 0 Å². The topological polar surface area (TPSA) is 41.1 Å². The second kappa shape index (κ2) is 5.91. The summed E-state index contributed by atoms with van der Waals surface area (Å²) in [5.41, 5.74) is 1.95. The number of hydrogen-bond donors (Lipinski definition) is 2. The molecule has 0 aliphatic heterocycles. The predicted molar refractivity (Wildman–Crippen MR) is 79.8 cm³/mol. The summed E-state index contributed by atoms with van der Waals surface area (Å²) in [7, 11) is 1.78. The third-order valence-corrected chi connectivity index (χ3v) is 3.28. The van der Waals surface area contributed by atoms with Crippen LogP contribution in [0.4, 0.5) is 20.2 Å². The molecule has 5 heteroatoms. The van der Waals surface area contributed by atoms with Crippen LogP contribution in [0.15, 0.2) is 30.3 Å². The quantitative estimate of drug-likeness (QED) is 0.900. The van der Waals surface area contributed by atoms with E-state index < -0.39 is 23.2 Å². The molecule has 110 valence electrons. The van der Waals surface area contributed by atoms with Crippen LogP contribution in [0.5, 0.6) is 0 Å². The normalized spacial score (nSPS) is 10.3. The molecule has 2 rings (SSSR count). The highest BCUT2D eigenvalue weighted by Crippen LogP contribution is 2.23. The summed E-state index contributed by atoms with van der Waals surface area (Å²) < 4.78 is 27.5. The molecule has 0 aliphatic rings. The molecule has 0 unspecified atom stereocenters. The van der Waals surface area contributed by atoms with Crippen LogP contribution < -0.4 is 10.6 Å². The van der Waals surface area contributed by atoms with Crippen molar-refractivity contribution in [1.29, 1.82) is 0 Å². The minimum absolute atomic E-state index is 0.272. The third kappa shape index (κ3) is 3.02. The molecule has 2 N–H and O–H groups in total. The first kappa shape index (κ1) is 15.0. The lowest BCUT2D eigenvalue weighted by molar-refractivity contribution is 0.102. The molecular weight excluding hydrogens is 274 g/mol. The van der Waals surface area contributed by atoms with Gasteiger partial charge in [0.2, 0.25) is 0 Å². The summed E-state index contributed by atoms with van der Waals surface area (Å²) in [6.07, 6.45) is 0. The summed E-state index contributed by atoms with van der Waals surface area (Å²) in [5.74, 6) is -2.11. The number of carbonyl (C=O) groups is 1. The number of halogens is 2. The van der Waals surface area contributed by atoms with Crippen molar-refractivity contribution in [2.24, 2.45) is 0 Å². The van der Waals surface area contributed by atoms with Crippen molar-refractivity contribution >= 4 is 17.3 Å². The molecule has 0 radical (unpaired) electrons. The van der Waals surface area contributed by atoms with Gasteiger partial charge in [-0.15, -0.1) is 0 Å². The van der Waals surface area contributed by atoms with Crippen LogP contribution >= 0.6 is 0 Å². The lowest BCUT2D eigenvalue weighted by atomic mass is 10.1. The van der Waals surface area contributed by atoms with Crippen molar-refractivity contribution in [3.63, 3.8) is 0 Å². The van der Waals surface area contributed by atoms with Crippen LogP contribution in [0, 0.1) is 25.5 Å². The second-order valence-corrected chi connectivity index (χ2v) is 4.79. The van der Waals surface area contributed by atoms with Crippen LogP contribution in [-0.4, -0.2) is 13.0 Å². The van der Waals surface area contributed by atoms with Gasteiger partial charge in [-0.3, -0.25) is 4.79 Å². The van der Waals surface area contributed by atoms with Gasteiger partial charge in [-0.25, -0.2) is 8.78 Å². The van der Waals surface area contributed by atoms with Crippen LogP contribution in [0.25, 0.3) is 0 Å². The highest BCUT2D eigenvalue weighted by Gasteiger charge is 2.15. The molecular formula is C16H16F2N2O. The van der Waals surface area contributed by atoms with E-state index in [-0.39, 0.29) is 5.56 Å². The Kier molecular flexibility index (Phi) is 4.21. The zero-order valence-electron chi connectivity index (χ0n) is 12.1. The van der Waals surface area contributed by atoms with E-state index in [0.29, 0.717) is 5.56 Å². The van der Waals surface area contributed by atoms with Gasteiger partial charge in [0.25, 0.3) is 5.91 Å². The molecule has 1 amide bonds. The van der Waals surface area contributed by atoms with E-state index in [1.54, 1.807) is 25.2 Å². The number of carbonyl (C=O) groups excluding carboxylic acids is 1. The van der Waals surface area contributed by atoms with Crippen molar-refractivity contribution in [1.82, 2.24) is 0 Å². The lowest BCUT2D eigenvalue weighted by Crippen LogP contribution is -2.15. The minimum atomic E-state index is -0.796. The fraction of sp³-hybridized carbons (Fsp3) is 0.188. The smallest absolute Gasteiger partial charge is 0.255 e. The molecule has 0 aliphatic carbocycles. The maximum Gasteiger partial charge on any atom is 0.255 e. The molecule has 0 saturated carbocycles. The molecule has 0 heterocycles. The fourth-order valence-corrected chi connectivity index (χ4v) is 2.04. The molecule has 0 saturated heterocycles. The van der Waals surface area contributed by atoms with Crippen molar-refractivity contribution < 1.29 is 13.6 Å². The van der Waals surface area contributed by atoms with Crippen molar-refractivity contribution in [3.05, 3.63) is 58.7 Å². The molecule has 3 nitrogen and oxygen atoms in total. The van der Waals surface area contributed by atoms with E-state index in [1.807, 2.05) is 6.92 Å². The van der Waals surface area contributed by atoms with Gasteiger partial charge in [0.15, 0.2) is 5.82 Å². The lowest BCUT2D eigenvalue weighted by Gasteiger charge is -2.11. The summed E-state index contributed by atoms with van der Waals surface area (Å²) in [5, 5.41) is 5.28. The highest BCUT2D eigenvalue weighted by atomic mass is 19.1. The van der Waals surface area contributed by atoms with Gasteiger partial charge in [0.1, 0.15) is 11.5 Å². The maximum atomic E-state index is 13.9. The minimum Gasteiger partial charge on any atom is -0.388 e. The van der Waals surface area contributed by atoms with Crippen LogP contribution in [-0.2, 0) is 0 Å². The monoisotopic (exact) mass is 290 g/mol. The van der Waals surface area contributed by atoms with E-state index in [4.69, 9.17) is 0 Å². The van der Waals surface area contributed by atoms with E-state index in [9.17, 15) is 13.6 Å². The van der Waals surface area contributed by atoms with Gasteiger partial charge in [-0.1, -0.05) is 6.07 Å². The summed E-state index contributed by atoms with van der Waals surface area (Å²) in [6.45, 7) is 3.35. The van der Waals surface area contributed by atoms with Crippen molar-refractivity contribution in [2.75, 3.05) is 17.7 Å². The zero-order chi connectivity index (χ0) is 15.6. The Bertz CT molecular complexity index is 699. The van der Waals surface area contributed by atoms with Crippen molar-refractivity contribution in [2.45, 2.75) is 13.8 Å². The largest absolute Gasteiger partial charge is 0.388 e. The first-order chi connectivity index (χ1) is 9.93. The number of aryl methyl sites for hydroxylation is 2. The van der Waals surface area contributed by atoms with Gasteiger partial charge in [0.05, 0.1) is 0 Å². The summed E-state index contributed by atoms with van der Waals surface area (Å²) >= 11 is 0. The average Bonchev–Trinajstić information content (AvgIpc) is 2.47. The zero-order valence-corrected chi connectivity index (χ0v) is 12.1. The van der Waals surface area contributed by atoms with Gasteiger partial charge in [-0.05, 0) is 49.2 Å². The number of rotatable bonds is 3. The molecule has 0 bridgehead atoms. The van der Waals surface area contributed by atoms with E-state index >= 15 is 0 Å². The van der Waals surface area contributed by atoms with Crippen molar-refractivity contribution in [3.8, 4) is 0 Å². The van der Waals surface area contributed by atoms with Crippen LogP contribution in [0.3, 0.4) is 0 Å². The number of nitrogens with one attached hydrogen (secondary N) is 2. The highest BCUT2D eigenvalue weighted by molar-refractivity contribution is 6.04.